The number of aryl methyl sites for hydroxylation is 1. The number of alkyl halides is 6. The molecule has 13 heteroatoms. The zero-order chi connectivity index (χ0) is 26.1. The van der Waals surface area contributed by atoms with Crippen molar-refractivity contribution in [1.82, 2.24) is 15.1 Å². The van der Waals surface area contributed by atoms with Crippen LogP contribution in [0.5, 0.6) is 0 Å². The summed E-state index contributed by atoms with van der Waals surface area (Å²) < 4.78 is 92.1. The fourth-order valence-electron chi connectivity index (χ4n) is 3.88. The fourth-order valence-corrected chi connectivity index (χ4v) is 3.88. The van der Waals surface area contributed by atoms with Crippen LogP contribution in [0.15, 0.2) is 36.4 Å². The molecule has 0 bridgehead atoms. The predicted octanol–water partition coefficient (Wildman–Crippen LogP) is 5.42. The number of hydrogen-bond donors (Lipinski definition) is 2. The Hall–Kier alpha value is -3.51. The molecular formula is C22H20F7N3O3. The average Bonchev–Trinajstić information content (AvgIpc) is 2.75. The zero-order valence-electron chi connectivity index (χ0n) is 18.2. The smallest absolute Gasteiger partial charge is 0.416 e. The number of carbonyl (C=O) groups is 2. The number of hydrogen-bond acceptors (Lipinski definition) is 2. The van der Waals surface area contributed by atoms with E-state index >= 15 is 0 Å². The van der Waals surface area contributed by atoms with E-state index in [1.165, 1.54) is 17.0 Å². The minimum absolute atomic E-state index is 0.0101. The normalized spacial score (nSPS) is 16.9. The van der Waals surface area contributed by atoms with E-state index in [0.717, 1.165) is 11.0 Å². The Labute approximate surface area is 194 Å². The van der Waals surface area contributed by atoms with Crippen molar-refractivity contribution in [3.05, 3.63) is 70.0 Å². The second-order valence-electron chi connectivity index (χ2n) is 8.01. The highest BCUT2D eigenvalue weighted by Gasteiger charge is 2.37. The van der Waals surface area contributed by atoms with Crippen LogP contribution in [-0.4, -0.2) is 46.7 Å². The Balaban J connectivity index is 1.86. The number of urea groups is 1. The van der Waals surface area contributed by atoms with Crippen LogP contribution in [0.1, 0.15) is 33.9 Å². The molecule has 190 valence electrons. The third kappa shape index (κ3) is 6.14. The quantitative estimate of drug-likeness (QED) is 0.546. The second-order valence-corrected chi connectivity index (χ2v) is 8.01. The van der Waals surface area contributed by atoms with Crippen molar-refractivity contribution >= 4 is 12.1 Å². The molecule has 1 unspecified atom stereocenters. The predicted molar refractivity (Wildman–Crippen MR) is 109 cm³/mol. The summed E-state index contributed by atoms with van der Waals surface area (Å²) in [6.07, 6.45) is -11.3. The SMILES string of the molecule is Cc1cc(F)ccc1C1CN(C(=O)O)CCN1C(=O)NCc1cc(C(F)(F)F)cc(C(F)(F)F)c1. The maximum Gasteiger partial charge on any atom is 0.416 e. The summed E-state index contributed by atoms with van der Waals surface area (Å²) in [4.78, 5) is 26.6. The Bertz CT molecular complexity index is 1090. The summed E-state index contributed by atoms with van der Waals surface area (Å²) >= 11 is 0. The lowest BCUT2D eigenvalue weighted by Crippen LogP contribution is -2.54. The van der Waals surface area contributed by atoms with Crippen molar-refractivity contribution < 1.29 is 45.4 Å². The van der Waals surface area contributed by atoms with Gasteiger partial charge in [0.05, 0.1) is 17.2 Å². The molecule has 35 heavy (non-hydrogen) atoms. The molecule has 1 saturated heterocycles. The monoisotopic (exact) mass is 507 g/mol. The third-order valence-electron chi connectivity index (χ3n) is 5.59. The fraction of sp³-hybridized carbons (Fsp3) is 0.364. The van der Waals surface area contributed by atoms with Gasteiger partial charge in [-0.15, -0.1) is 0 Å². The van der Waals surface area contributed by atoms with Gasteiger partial charge in [0.2, 0.25) is 0 Å². The van der Waals surface area contributed by atoms with Gasteiger partial charge >= 0.3 is 24.5 Å². The van der Waals surface area contributed by atoms with E-state index in [4.69, 9.17) is 0 Å². The molecule has 0 saturated carbocycles. The lowest BCUT2D eigenvalue weighted by molar-refractivity contribution is -0.143. The Kier molecular flexibility index (Phi) is 7.18. The van der Waals surface area contributed by atoms with Crippen LogP contribution < -0.4 is 5.32 Å². The van der Waals surface area contributed by atoms with Gasteiger partial charge in [0.25, 0.3) is 0 Å². The summed E-state index contributed by atoms with van der Waals surface area (Å²) in [6, 6.07) is 3.07. The molecule has 1 aliphatic heterocycles. The molecular weight excluding hydrogens is 487 g/mol. The van der Waals surface area contributed by atoms with Gasteiger partial charge in [0, 0.05) is 26.2 Å². The number of carboxylic acid groups (broad SMARTS) is 1. The summed E-state index contributed by atoms with van der Waals surface area (Å²) in [5.41, 5.74) is -2.55. The summed E-state index contributed by atoms with van der Waals surface area (Å²) in [5, 5.41) is 11.7. The van der Waals surface area contributed by atoms with E-state index < -0.39 is 59.6 Å². The Morgan fingerprint density at radius 2 is 1.60 bits per heavy atom. The van der Waals surface area contributed by atoms with Crippen LogP contribution in [0, 0.1) is 12.7 Å². The van der Waals surface area contributed by atoms with Gasteiger partial charge in [-0.1, -0.05) is 6.07 Å². The van der Waals surface area contributed by atoms with Gasteiger partial charge in [-0.2, -0.15) is 26.3 Å². The van der Waals surface area contributed by atoms with E-state index in [0.29, 0.717) is 23.3 Å². The molecule has 1 fully saturated rings. The molecule has 2 aromatic carbocycles. The van der Waals surface area contributed by atoms with E-state index in [2.05, 4.69) is 5.32 Å². The van der Waals surface area contributed by atoms with Crippen molar-refractivity contribution in [3.8, 4) is 0 Å². The number of amides is 3. The van der Waals surface area contributed by atoms with Gasteiger partial charge in [-0.05, 0) is 53.9 Å². The maximum absolute atomic E-state index is 13.6. The van der Waals surface area contributed by atoms with Gasteiger partial charge < -0.3 is 20.2 Å². The van der Waals surface area contributed by atoms with Crippen LogP contribution in [0.25, 0.3) is 0 Å². The second kappa shape index (κ2) is 9.62. The number of nitrogens with zero attached hydrogens (tertiary/aromatic N) is 2. The molecule has 0 aromatic heterocycles. The first kappa shape index (κ1) is 26.1. The Morgan fingerprint density at radius 3 is 2.11 bits per heavy atom. The van der Waals surface area contributed by atoms with E-state index in [-0.39, 0.29) is 25.7 Å². The van der Waals surface area contributed by atoms with E-state index in [1.807, 2.05) is 0 Å². The number of halogens is 7. The summed E-state index contributed by atoms with van der Waals surface area (Å²) in [5.74, 6) is -0.543. The van der Waals surface area contributed by atoms with Gasteiger partial charge in [-0.3, -0.25) is 0 Å². The van der Waals surface area contributed by atoms with Crippen molar-refractivity contribution in [3.63, 3.8) is 0 Å². The molecule has 6 nitrogen and oxygen atoms in total. The first-order valence-corrected chi connectivity index (χ1v) is 10.2. The largest absolute Gasteiger partial charge is 0.465 e. The molecule has 0 spiro atoms. The molecule has 2 N–H and O–H groups in total. The molecule has 0 aliphatic carbocycles. The minimum Gasteiger partial charge on any atom is -0.465 e. The molecule has 1 atom stereocenters. The van der Waals surface area contributed by atoms with E-state index in [9.17, 15) is 45.4 Å². The van der Waals surface area contributed by atoms with Crippen LogP contribution >= 0.6 is 0 Å². The molecule has 0 radical (unpaired) electrons. The average molecular weight is 507 g/mol. The Morgan fingerprint density at radius 1 is 1.00 bits per heavy atom. The zero-order valence-corrected chi connectivity index (χ0v) is 18.2. The van der Waals surface area contributed by atoms with Crippen molar-refractivity contribution in [2.24, 2.45) is 0 Å². The highest BCUT2D eigenvalue weighted by atomic mass is 19.4. The lowest BCUT2D eigenvalue weighted by Gasteiger charge is -2.41. The minimum atomic E-state index is -5.03. The standard InChI is InChI=1S/C22H20F7N3O3/c1-12-6-16(23)2-3-17(12)18-11-31(20(34)35)4-5-32(18)19(33)30-10-13-7-14(21(24,25)26)9-15(8-13)22(27,28)29/h2-3,6-9,18H,4-5,10-11H2,1H3,(H,30,33)(H,34,35). The third-order valence-corrected chi connectivity index (χ3v) is 5.59. The first-order valence-electron chi connectivity index (χ1n) is 10.2. The molecule has 1 aliphatic rings. The van der Waals surface area contributed by atoms with Crippen LogP contribution in [0.3, 0.4) is 0 Å². The van der Waals surface area contributed by atoms with Gasteiger partial charge in [0.15, 0.2) is 0 Å². The molecule has 3 amide bonds. The van der Waals surface area contributed by atoms with Crippen LogP contribution in [-0.2, 0) is 18.9 Å². The highest BCUT2D eigenvalue weighted by molar-refractivity contribution is 5.75. The lowest BCUT2D eigenvalue weighted by atomic mass is 9.98. The van der Waals surface area contributed by atoms with Gasteiger partial charge in [0.1, 0.15) is 5.82 Å². The summed E-state index contributed by atoms with van der Waals surface area (Å²) in [6.45, 7) is 0.601. The topological polar surface area (TPSA) is 72.9 Å². The van der Waals surface area contributed by atoms with Gasteiger partial charge in [-0.25, -0.2) is 14.0 Å². The van der Waals surface area contributed by atoms with E-state index in [1.54, 1.807) is 6.92 Å². The maximum atomic E-state index is 13.6. The first-order chi connectivity index (χ1) is 16.2. The number of nitrogens with one attached hydrogen (secondary N) is 1. The highest BCUT2D eigenvalue weighted by Crippen LogP contribution is 2.36. The van der Waals surface area contributed by atoms with Crippen LogP contribution in [0.2, 0.25) is 0 Å². The number of benzene rings is 2. The molecule has 1 heterocycles. The molecule has 2 aromatic rings. The molecule has 3 rings (SSSR count). The van der Waals surface area contributed by atoms with Crippen molar-refractivity contribution in [2.75, 3.05) is 19.6 Å². The van der Waals surface area contributed by atoms with Crippen molar-refractivity contribution in [2.45, 2.75) is 31.9 Å². The number of piperazine rings is 1. The number of rotatable bonds is 3. The van der Waals surface area contributed by atoms with Crippen molar-refractivity contribution in [1.29, 1.82) is 0 Å². The van der Waals surface area contributed by atoms with Crippen LogP contribution in [0.4, 0.5) is 40.3 Å². The summed E-state index contributed by atoms with van der Waals surface area (Å²) in [7, 11) is 0. The number of carbonyl (C=O) groups excluding carboxylic acids is 1.